The van der Waals surface area contributed by atoms with E-state index in [-0.39, 0.29) is 5.82 Å². The van der Waals surface area contributed by atoms with Crippen LogP contribution in [0.4, 0.5) is 4.39 Å². The maximum Gasteiger partial charge on any atom is 0.124 e. The Labute approximate surface area is 133 Å². The second kappa shape index (κ2) is 8.19. The minimum atomic E-state index is -0.130. The van der Waals surface area contributed by atoms with Gasteiger partial charge in [0.15, 0.2) is 0 Å². The Morgan fingerprint density at radius 3 is 2.81 bits per heavy atom. The van der Waals surface area contributed by atoms with Gasteiger partial charge < -0.3 is 5.32 Å². The summed E-state index contributed by atoms with van der Waals surface area (Å²) in [5.41, 5.74) is 0. The summed E-state index contributed by atoms with van der Waals surface area (Å²) in [5, 5.41) is 4.26. The number of thioether (sulfide) groups is 1. The van der Waals surface area contributed by atoms with Gasteiger partial charge in [-0.2, -0.15) is 0 Å². The van der Waals surface area contributed by atoms with Gasteiger partial charge >= 0.3 is 0 Å². The summed E-state index contributed by atoms with van der Waals surface area (Å²) in [6.45, 7) is 7.95. The molecule has 0 bridgehead atoms. The third kappa shape index (κ3) is 5.00. The van der Waals surface area contributed by atoms with Crippen molar-refractivity contribution >= 4 is 11.8 Å². The second-order valence-corrected chi connectivity index (χ2v) is 7.80. The first kappa shape index (κ1) is 16.8. The largest absolute Gasteiger partial charge is 0.313 e. The van der Waals surface area contributed by atoms with Crippen LogP contribution >= 0.6 is 11.8 Å². The highest BCUT2D eigenvalue weighted by atomic mass is 32.2. The van der Waals surface area contributed by atoms with Crippen molar-refractivity contribution < 1.29 is 4.39 Å². The molecule has 1 fully saturated rings. The minimum Gasteiger partial charge on any atom is -0.313 e. The fraction of sp³-hybridized carbons (Fsp3) is 0.667. The maximum atomic E-state index is 13.4. The van der Waals surface area contributed by atoms with Crippen LogP contribution in [0.25, 0.3) is 0 Å². The van der Waals surface area contributed by atoms with Crippen LogP contribution in [0.2, 0.25) is 0 Å². The van der Waals surface area contributed by atoms with E-state index < -0.39 is 0 Å². The Morgan fingerprint density at radius 2 is 2.14 bits per heavy atom. The lowest BCUT2D eigenvalue weighted by molar-refractivity contribution is 0.246. The molecule has 1 aliphatic rings. The fourth-order valence-electron chi connectivity index (χ4n) is 3.17. The molecule has 1 aromatic rings. The summed E-state index contributed by atoms with van der Waals surface area (Å²) in [7, 11) is 0. The standard InChI is InChI=1S/C18H28FNS/c1-4-10-20-17-9-8-14(13(2)3)11-18(17)21-16-7-5-6-15(19)12-16/h5-7,12-14,17-18,20H,4,8-11H2,1-3H3. The van der Waals surface area contributed by atoms with Crippen LogP contribution in [0, 0.1) is 17.7 Å². The van der Waals surface area contributed by atoms with Gasteiger partial charge in [-0.3, -0.25) is 0 Å². The van der Waals surface area contributed by atoms with Crippen molar-refractivity contribution in [3.8, 4) is 0 Å². The Kier molecular flexibility index (Phi) is 6.56. The number of benzene rings is 1. The molecule has 1 N–H and O–H groups in total. The van der Waals surface area contributed by atoms with Gasteiger partial charge in [0.25, 0.3) is 0 Å². The van der Waals surface area contributed by atoms with E-state index in [1.807, 2.05) is 23.9 Å². The highest BCUT2D eigenvalue weighted by molar-refractivity contribution is 8.00. The Bertz CT molecular complexity index is 435. The van der Waals surface area contributed by atoms with Gasteiger partial charge in [-0.15, -0.1) is 11.8 Å². The number of halogens is 1. The predicted molar refractivity (Wildman–Crippen MR) is 90.3 cm³/mol. The van der Waals surface area contributed by atoms with Gasteiger partial charge in [0.1, 0.15) is 5.82 Å². The molecule has 0 spiro atoms. The molecule has 0 amide bonds. The van der Waals surface area contributed by atoms with Crippen LogP contribution in [-0.4, -0.2) is 17.8 Å². The molecule has 21 heavy (non-hydrogen) atoms. The first-order valence-corrected chi connectivity index (χ1v) is 9.13. The van der Waals surface area contributed by atoms with Crippen LogP contribution in [0.15, 0.2) is 29.2 Å². The molecule has 1 saturated carbocycles. The molecule has 118 valence electrons. The topological polar surface area (TPSA) is 12.0 Å². The summed E-state index contributed by atoms with van der Waals surface area (Å²) in [5.74, 6) is 1.41. The van der Waals surface area contributed by atoms with E-state index >= 15 is 0 Å². The van der Waals surface area contributed by atoms with E-state index in [1.165, 1.54) is 31.7 Å². The molecule has 0 aromatic heterocycles. The molecule has 3 heteroatoms. The van der Waals surface area contributed by atoms with Crippen molar-refractivity contribution in [2.24, 2.45) is 11.8 Å². The molecule has 1 aliphatic carbocycles. The van der Waals surface area contributed by atoms with Gasteiger partial charge in [-0.1, -0.05) is 26.8 Å². The Balaban J connectivity index is 2.05. The Hall–Kier alpha value is -0.540. The monoisotopic (exact) mass is 309 g/mol. The first-order valence-electron chi connectivity index (χ1n) is 8.25. The minimum absolute atomic E-state index is 0.130. The van der Waals surface area contributed by atoms with E-state index in [9.17, 15) is 4.39 Å². The normalized spacial score (nSPS) is 26.2. The quantitative estimate of drug-likeness (QED) is 0.783. The zero-order chi connectivity index (χ0) is 15.2. The summed E-state index contributed by atoms with van der Waals surface area (Å²) in [6.07, 6.45) is 4.97. The van der Waals surface area contributed by atoms with Crippen LogP contribution < -0.4 is 5.32 Å². The summed E-state index contributed by atoms with van der Waals surface area (Å²) >= 11 is 1.86. The van der Waals surface area contributed by atoms with E-state index in [2.05, 4.69) is 26.1 Å². The number of hydrogen-bond donors (Lipinski definition) is 1. The molecule has 2 rings (SSSR count). The highest BCUT2D eigenvalue weighted by Gasteiger charge is 2.32. The number of rotatable bonds is 6. The molecule has 0 saturated heterocycles. The van der Waals surface area contributed by atoms with Crippen LogP contribution in [0.5, 0.6) is 0 Å². The van der Waals surface area contributed by atoms with Crippen LogP contribution in [0.3, 0.4) is 0 Å². The molecule has 0 radical (unpaired) electrons. The zero-order valence-electron chi connectivity index (χ0n) is 13.4. The SMILES string of the molecule is CCCNC1CCC(C(C)C)CC1Sc1cccc(F)c1. The van der Waals surface area contributed by atoms with Gasteiger partial charge in [0, 0.05) is 16.2 Å². The van der Waals surface area contributed by atoms with Crippen molar-refractivity contribution in [2.75, 3.05) is 6.54 Å². The van der Waals surface area contributed by atoms with Gasteiger partial charge in [0.05, 0.1) is 0 Å². The molecular formula is C18H28FNS. The van der Waals surface area contributed by atoms with Gasteiger partial charge in [-0.05, 0) is 62.3 Å². The van der Waals surface area contributed by atoms with E-state index in [0.29, 0.717) is 11.3 Å². The predicted octanol–water partition coefficient (Wildman–Crippen LogP) is 5.11. The van der Waals surface area contributed by atoms with E-state index in [4.69, 9.17) is 0 Å². The van der Waals surface area contributed by atoms with Gasteiger partial charge in [0.2, 0.25) is 0 Å². The lowest BCUT2D eigenvalue weighted by Gasteiger charge is -2.38. The lowest BCUT2D eigenvalue weighted by atomic mass is 9.79. The Morgan fingerprint density at radius 1 is 1.33 bits per heavy atom. The van der Waals surface area contributed by atoms with E-state index in [1.54, 1.807) is 6.07 Å². The molecule has 3 atom stereocenters. The average Bonchev–Trinajstić information content (AvgIpc) is 2.46. The smallest absolute Gasteiger partial charge is 0.124 e. The first-order chi connectivity index (χ1) is 10.1. The number of hydrogen-bond acceptors (Lipinski definition) is 2. The molecule has 0 heterocycles. The number of nitrogens with one attached hydrogen (secondary N) is 1. The van der Waals surface area contributed by atoms with Crippen LogP contribution in [0.1, 0.15) is 46.5 Å². The highest BCUT2D eigenvalue weighted by Crippen LogP contribution is 2.39. The molecule has 1 aromatic carbocycles. The van der Waals surface area contributed by atoms with Crippen molar-refractivity contribution in [2.45, 2.75) is 62.6 Å². The van der Waals surface area contributed by atoms with Crippen molar-refractivity contribution in [3.63, 3.8) is 0 Å². The zero-order valence-corrected chi connectivity index (χ0v) is 14.3. The molecule has 3 unspecified atom stereocenters. The third-order valence-corrected chi connectivity index (χ3v) is 5.87. The van der Waals surface area contributed by atoms with Crippen molar-refractivity contribution in [3.05, 3.63) is 30.1 Å². The average molecular weight is 309 g/mol. The second-order valence-electron chi connectivity index (χ2n) is 6.49. The van der Waals surface area contributed by atoms with Gasteiger partial charge in [-0.25, -0.2) is 4.39 Å². The molecule has 0 aliphatic heterocycles. The molecular weight excluding hydrogens is 281 g/mol. The molecule has 1 nitrogen and oxygen atoms in total. The van der Waals surface area contributed by atoms with E-state index in [0.717, 1.165) is 23.3 Å². The summed E-state index contributed by atoms with van der Waals surface area (Å²) in [4.78, 5) is 1.06. The lowest BCUT2D eigenvalue weighted by Crippen LogP contribution is -2.43. The van der Waals surface area contributed by atoms with Crippen LogP contribution in [-0.2, 0) is 0 Å². The summed E-state index contributed by atoms with van der Waals surface area (Å²) in [6, 6.07) is 7.60. The summed E-state index contributed by atoms with van der Waals surface area (Å²) < 4.78 is 13.4. The maximum absolute atomic E-state index is 13.4. The van der Waals surface area contributed by atoms with Crippen molar-refractivity contribution in [1.82, 2.24) is 5.32 Å². The fourth-order valence-corrected chi connectivity index (χ4v) is 4.60. The van der Waals surface area contributed by atoms with Crippen molar-refractivity contribution in [1.29, 1.82) is 0 Å². The third-order valence-electron chi connectivity index (χ3n) is 4.52.